The van der Waals surface area contributed by atoms with Crippen LogP contribution in [0.2, 0.25) is 0 Å². The highest BCUT2D eigenvalue weighted by molar-refractivity contribution is 14.1. The summed E-state index contributed by atoms with van der Waals surface area (Å²) >= 11 is 2.18. The summed E-state index contributed by atoms with van der Waals surface area (Å²) in [5.74, 6) is 0.789. The van der Waals surface area contributed by atoms with Gasteiger partial charge in [-0.1, -0.05) is 51.2 Å². The van der Waals surface area contributed by atoms with Crippen LogP contribution in [0.1, 0.15) is 71.1 Å². The van der Waals surface area contributed by atoms with Crippen molar-refractivity contribution in [2.75, 3.05) is 19.7 Å². The molecule has 0 aromatic heterocycles. The Kier molecular flexibility index (Phi) is 12.0. The van der Waals surface area contributed by atoms with E-state index < -0.39 is 18.2 Å². The number of aliphatic hydroxyl groups is 2. The Balaban J connectivity index is 1.86. The number of hydrogen-bond donors (Lipinski definition) is 3. The van der Waals surface area contributed by atoms with Gasteiger partial charge in [0.05, 0.1) is 16.2 Å². The van der Waals surface area contributed by atoms with Crippen LogP contribution in [0.25, 0.3) is 0 Å². The molecule has 0 radical (unpaired) electrons. The molecule has 0 spiro atoms. The number of carbonyl (C=O) groups excluding carboxylic acids is 2. The number of ether oxygens (including phenoxy) is 1. The van der Waals surface area contributed by atoms with Crippen LogP contribution in [0.5, 0.6) is 5.75 Å². The first-order valence-corrected chi connectivity index (χ1v) is 14.5. The molecule has 1 saturated carbocycles. The third-order valence-electron chi connectivity index (χ3n) is 7.23. The van der Waals surface area contributed by atoms with E-state index in [1.165, 1.54) is 12.8 Å². The summed E-state index contributed by atoms with van der Waals surface area (Å²) < 4.78 is 7.12. The highest BCUT2D eigenvalue weighted by Crippen LogP contribution is 2.32. The Bertz CT molecular complexity index is 886. The molecule has 0 bridgehead atoms. The molecule has 7 nitrogen and oxygen atoms in total. The average molecular weight is 613 g/mol. The van der Waals surface area contributed by atoms with Crippen molar-refractivity contribution in [1.29, 1.82) is 0 Å². The van der Waals surface area contributed by atoms with E-state index in [0.29, 0.717) is 30.2 Å². The molecule has 2 aliphatic rings. The smallest absolute Gasteiger partial charge is 0.247 e. The van der Waals surface area contributed by atoms with Crippen molar-refractivity contribution >= 4 is 34.4 Å². The number of nitrogens with one attached hydrogen (secondary N) is 1. The van der Waals surface area contributed by atoms with E-state index in [2.05, 4.69) is 34.8 Å². The molecule has 36 heavy (non-hydrogen) atoms. The highest BCUT2D eigenvalue weighted by atomic mass is 127. The van der Waals surface area contributed by atoms with Crippen molar-refractivity contribution in [2.24, 2.45) is 5.92 Å². The molecular formula is C28H41IN2O5. The van der Waals surface area contributed by atoms with Gasteiger partial charge in [-0.05, 0) is 66.0 Å². The molecule has 0 aliphatic heterocycles. The van der Waals surface area contributed by atoms with Gasteiger partial charge in [-0.25, -0.2) is 0 Å². The van der Waals surface area contributed by atoms with Crippen LogP contribution >= 0.6 is 22.6 Å². The fourth-order valence-electron chi connectivity index (χ4n) is 5.23. The highest BCUT2D eigenvalue weighted by Gasteiger charge is 2.40. The number of unbranched alkanes of at least 4 members (excludes halogenated alkanes) is 3. The lowest BCUT2D eigenvalue weighted by Gasteiger charge is -2.41. The Morgan fingerprint density at radius 1 is 1.17 bits per heavy atom. The van der Waals surface area contributed by atoms with Gasteiger partial charge in [0, 0.05) is 31.5 Å². The van der Waals surface area contributed by atoms with Crippen molar-refractivity contribution < 1.29 is 24.5 Å². The molecule has 2 aliphatic carbocycles. The second-order valence-electron chi connectivity index (χ2n) is 9.95. The monoisotopic (exact) mass is 612 g/mol. The molecule has 1 aromatic carbocycles. The lowest BCUT2D eigenvalue weighted by atomic mass is 9.87. The standard InChI is InChI=1S/C28H41IN2O5/c1-2-3-4-9-15-31(26(33)17-20-10-5-6-11-20)23-18-21(28(35)30-14-16-32)19-25(27(23)34)36-24-13-8-7-12-22(24)29/h7-8,12-13,19-20,23,25,27,32,34H,2-6,9-11,14-18H2,1H3,(H,30,35). The minimum Gasteiger partial charge on any atom is -0.482 e. The number of aliphatic hydroxyl groups excluding tert-OH is 2. The Morgan fingerprint density at radius 2 is 1.92 bits per heavy atom. The molecule has 3 unspecified atom stereocenters. The summed E-state index contributed by atoms with van der Waals surface area (Å²) in [5.41, 5.74) is 0.474. The molecule has 3 atom stereocenters. The van der Waals surface area contributed by atoms with Gasteiger partial charge < -0.3 is 25.2 Å². The number of carbonyl (C=O) groups is 2. The zero-order chi connectivity index (χ0) is 25.9. The SMILES string of the molecule is CCCCCCN(C(=O)CC1CCCC1)C1CC(C(=O)NCCO)=CC(Oc2ccccc2I)C1O. The third kappa shape index (κ3) is 8.18. The number of para-hydroxylation sites is 1. The minimum absolute atomic E-state index is 0.0625. The van der Waals surface area contributed by atoms with Gasteiger partial charge >= 0.3 is 0 Å². The van der Waals surface area contributed by atoms with E-state index in [1.807, 2.05) is 29.2 Å². The van der Waals surface area contributed by atoms with Crippen LogP contribution in [0.3, 0.4) is 0 Å². The normalized spacial score (nSPS) is 22.2. The van der Waals surface area contributed by atoms with E-state index in [9.17, 15) is 14.7 Å². The first-order chi connectivity index (χ1) is 17.4. The third-order valence-corrected chi connectivity index (χ3v) is 8.12. The van der Waals surface area contributed by atoms with Crippen LogP contribution in [0.4, 0.5) is 0 Å². The number of halogens is 1. The number of benzene rings is 1. The van der Waals surface area contributed by atoms with E-state index >= 15 is 0 Å². The van der Waals surface area contributed by atoms with E-state index in [0.717, 1.165) is 42.1 Å². The first-order valence-electron chi connectivity index (χ1n) is 13.4. The lowest BCUT2D eigenvalue weighted by Crippen LogP contribution is -2.55. The molecule has 3 N–H and O–H groups in total. The lowest BCUT2D eigenvalue weighted by molar-refractivity contribution is -0.139. The molecule has 8 heteroatoms. The van der Waals surface area contributed by atoms with Crippen molar-refractivity contribution in [3.05, 3.63) is 39.5 Å². The summed E-state index contributed by atoms with van der Waals surface area (Å²) in [6.45, 7) is 2.71. The zero-order valence-corrected chi connectivity index (χ0v) is 23.5. The number of rotatable bonds is 13. The summed E-state index contributed by atoms with van der Waals surface area (Å²) in [6.07, 6.45) is 9.28. The maximum absolute atomic E-state index is 13.6. The minimum atomic E-state index is -0.964. The van der Waals surface area contributed by atoms with Crippen LogP contribution in [0, 0.1) is 9.49 Å². The maximum Gasteiger partial charge on any atom is 0.247 e. The predicted octanol–water partition coefficient (Wildman–Crippen LogP) is 4.20. The van der Waals surface area contributed by atoms with Crippen LogP contribution < -0.4 is 10.1 Å². The van der Waals surface area contributed by atoms with Crippen molar-refractivity contribution in [2.45, 2.75) is 89.4 Å². The predicted molar refractivity (Wildman–Crippen MR) is 149 cm³/mol. The zero-order valence-electron chi connectivity index (χ0n) is 21.3. The first kappa shape index (κ1) is 28.9. The summed E-state index contributed by atoms with van der Waals surface area (Å²) in [4.78, 5) is 28.3. The van der Waals surface area contributed by atoms with Crippen LogP contribution in [-0.4, -0.2) is 64.9 Å². The maximum atomic E-state index is 13.6. The molecule has 2 amide bonds. The Morgan fingerprint density at radius 3 is 2.61 bits per heavy atom. The van der Waals surface area contributed by atoms with Gasteiger partial charge in [0.15, 0.2) is 0 Å². The van der Waals surface area contributed by atoms with E-state index in [-0.39, 0.29) is 31.4 Å². The summed E-state index contributed by atoms with van der Waals surface area (Å²) in [7, 11) is 0. The number of amides is 2. The molecule has 1 fully saturated rings. The molecule has 0 heterocycles. The van der Waals surface area contributed by atoms with Gasteiger partial charge in [0.2, 0.25) is 11.8 Å². The van der Waals surface area contributed by atoms with Gasteiger partial charge in [-0.3, -0.25) is 9.59 Å². The molecule has 0 saturated heterocycles. The number of hydrogen-bond acceptors (Lipinski definition) is 5. The summed E-state index contributed by atoms with van der Waals surface area (Å²) in [6, 6.07) is 7.00. The average Bonchev–Trinajstić information content (AvgIpc) is 3.38. The quantitative estimate of drug-likeness (QED) is 0.229. The second-order valence-corrected chi connectivity index (χ2v) is 11.1. The fraction of sp³-hybridized carbons (Fsp3) is 0.643. The Labute approximate surface area is 228 Å². The van der Waals surface area contributed by atoms with Gasteiger partial charge in [-0.15, -0.1) is 0 Å². The van der Waals surface area contributed by atoms with Crippen molar-refractivity contribution in [3.63, 3.8) is 0 Å². The Hall–Kier alpha value is -1.65. The van der Waals surface area contributed by atoms with Gasteiger partial charge in [0.25, 0.3) is 0 Å². The van der Waals surface area contributed by atoms with Gasteiger partial charge in [0.1, 0.15) is 18.0 Å². The largest absolute Gasteiger partial charge is 0.482 e. The van der Waals surface area contributed by atoms with Crippen LogP contribution in [-0.2, 0) is 9.59 Å². The molecular weight excluding hydrogens is 571 g/mol. The number of nitrogens with zero attached hydrogens (tertiary/aromatic N) is 1. The van der Waals surface area contributed by atoms with Gasteiger partial charge in [-0.2, -0.15) is 0 Å². The molecule has 1 aromatic rings. The van der Waals surface area contributed by atoms with Crippen molar-refractivity contribution in [1.82, 2.24) is 10.2 Å². The second kappa shape index (κ2) is 14.9. The topological polar surface area (TPSA) is 99.1 Å². The van der Waals surface area contributed by atoms with E-state index in [1.54, 1.807) is 6.08 Å². The molecule has 200 valence electrons. The van der Waals surface area contributed by atoms with E-state index in [4.69, 9.17) is 9.84 Å². The fourth-order valence-corrected chi connectivity index (χ4v) is 5.74. The summed E-state index contributed by atoms with van der Waals surface area (Å²) in [5, 5.41) is 23.4. The van der Waals surface area contributed by atoms with Crippen molar-refractivity contribution in [3.8, 4) is 5.75 Å². The van der Waals surface area contributed by atoms with Crippen LogP contribution in [0.15, 0.2) is 35.9 Å². The molecule has 3 rings (SSSR count).